The summed E-state index contributed by atoms with van der Waals surface area (Å²) in [5.74, 6) is 0.578. The maximum absolute atomic E-state index is 13.5. The van der Waals surface area contributed by atoms with E-state index in [9.17, 15) is 4.39 Å². The summed E-state index contributed by atoms with van der Waals surface area (Å²) >= 11 is 0. The predicted molar refractivity (Wildman–Crippen MR) is 118 cm³/mol. The minimum absolute atomic E-state index is 0. The van der Waals surface area contributed by atoms with Gasteiger partial charge in [0.1, 0.15) is 5.82 Å². The second kappa shape index (κ2) is 10.3. The molecule has 0 radical (unpaired) electrons. The SMILES string of the molecule is CCNC(=NCCc1c[nH]c2ccc(F)cc12)NCCc1cnn(C)c1.I. The van der Waals surface area contributed by atoms with Crippen LogP contribution in [0, 0.1) is 5.82 Å². The second-order valence-corrected chi connectivity index (χ2v) is 6.21. The summed E-state index contributed by atoms with van der Waals surface area (Å²) < 4.78 is 15.3. The van der Waals surface area contributed by atoms with E-state index in [1.807, 2.05) is 32.6 Å². The van der Waals surface area contributed by atoms with Crippen molar-refractivity contribution in [1.82, 2.24) is 25.4 Å². The number of hydrogen-bond acceptors (Lipinski definition) is 2. The summed E-state index contributed by atoms with van der Waals surface area (Å²) in [7, 11) is 1.92. The normalized spacial score (nSPS) is 11.4. The van der Waals surface area contributed by atoms with E-state index in [1.54, 1.807) is 16.8 Å². The van der Waals surface area contributed by atoms with Gasteiger partial charge in [0.25, 0.3) is 0 Å². The highest BCUT2D eigenvalue weighted by molar-refractivity contribution is 14.0. The number of H-pyrrole nitrogens is 1. The highest BCUT2D eigenvalue weighted by Gasteiger charge is 2.05. The maximum Gasteiger partial charge on any atom is 0.191 e. The molecule has 0 bridgehead atoms. The Morgan fingerprint density at radius 2 is 2.15 bits per heavy atom. The van der Waals surface area contributed by atoms with Crippen LogP contribution in [-0.2, 0) is 19.9 Å². The number of nitrogens with zero attached hydrogens (tertiary/aromatic N) is 3. The molecule has 0 unspecified atom stereocenters. The number of benzene rings is 1. The van der Waals surface area contributed by atoms with E-state index in [0.29, 0.717) is 6.54 Å². The first-order chi connectivity index (χ1) is 12.7. The van der Waals surface area contributed by atoms with Gasteiger partial charge in [0.2, 0.25) is 0 Å². The van der Waals surface area contributed by atoms with Gasteiger partial charge in [0.15, 0.2) is 5.96 Å². The Morgan fingerprint density at radius 1 is 1.30 bits per heavy atom. The maximum atomic E-state index is 13.5. The van der Waals surface area contributed by atoms with Crippen LogP contribution in [0.3, 0.4) is 0 Å². The first-order valence-electron chi connectivity index (χ1n) is 8.91. The molecular formula is C19H26FIN6. The summed E-state index contributed by atoms with van der Waals surface area (Å²) in [5.41, 5.74) is 3.22. The lowest BCUT2D eigenvalue weighted by molar-refractivity contribution is 0.629. The zero-order chi connectivity index (χ0) is 18.4. The Kier molecular flexibility index (Phi) is 8.08. The standard InChI is InChI=1S/C19H25FN6.HI/c1-3-21-19(22-8-6-14-11-25-26(2)13-14)23-9-7-15-12-24-18-5-4-16(20)10-17(15)18;/h4-5,10-13,24H,3,6-9H2,1-2H3,(H2,21,22,23);1H. The van der Waals surface area contributed by atoms with Crippen LogP contribution in [-0.4, -0.2) is 40.4 Å². The van der Waals surface area contributed by atoms with E-state index < -0.39 is 0 Å². The van der Waals surface area contributed by atoms with Gasteiger partial charge in [0.05, 0.1) is 6.20 Å². The third kappa shape index (κ3) is 5.95. The Bertz CT molecular complexity index is 885. The zero-order valence-electron chi connectivity index (χ0n) is 15.6. The third-order valence-corrected chi connectivity index (χ3v) is 4.19. The molecule has 8 heteroatoms. The molecule has 3 N–H and O–H groups in total. The van der Waals surface area contributed by atoms with E-state index in [-0.39, 0.29) is 29.8 Å². The Balaban J connectivity index is 0.00000261. The minimum Gasteiger partial charge on any atom is -0.361 e. The van der Waals surface area contributed by atoms with Gasteiger partial charge in [-0.3, -0.25) is 9.67 Å². The molecule has 2 heterocycles. The number of fused-ring (bicyclic) bond motifs is 1. The average Bonchev–Trinajstić information content (AvgIpc) is 3.21. The number of aliphatic imine (C=N–C) groups is 1. The van der Waals surface area contributed by atoms with Gasteiger partial charge in [-0.2, -0.15) is 5.10 Å². The number of halogens is 2. The molecule has 0 amide bonds. The Labute approximate surface area is 175 Å². The lowest BCUT2D eigenvalue weighted by atomic mass is 10.1. The molecule has 6 nitrogen and oxygen atoms in total. The van der Waals surface area contributed by atoms with Crippen LogP contribution in [0.1, 0.15) is 18.1 Å². The molecule has 0 saturated heterocycles. The number of hydrogen-bond donors (Lipinski definition) is 3. The number of rotatable bonds is 7. The summed E-state index contributed by atoms with van der Waals surface area (Å²) in [6.07, 6.45) is 7.47. The summed E-state index contributed by atoms with van der Waals surface area (Å²) in [5, 5.41) is 11.7. The zero-order valence-corrected chi connectivity index (χ0v) is 18.0. The highest BCUT2D eigenvalue weighted by atomic mass is 127. The van der Waals surface area contributed by atoms with Crippen LogP contribution in [0.5, 0.6) is 0 Å². The Morgan fingerprint density at radius 3 is 2.89 bits per heavy atom. The number of aryl methyl sites for hydroxylation is 1. The highest BCUT2D eigenvalue weighted by Crippen LogP contribution is 2.19. The van der Waals surface area contributed by atoms with Crippen molar-refractivity contribution in [3.63, 3.8) is 0 Å². The molecule has 0 fully saturated rings. The third-order valence-electron chi connectivity index (χ3n) is 4.19. The van der Waals surface area contributed by atoms with Gasteiger partial charge >= 0.3 is 0 Å². The van der Waals surface area contributed by atoms with Crippen molar-refractivity contribution in [3.8, 4) is 0 Å². The molecular weight excluding hydrogens is 458 g/mol. The van der Waals surface area contributed by atoms with Gasteiger partial charge in [0, 0.05) is 50.0 Å². The molecule has 3 aromatic rings. The molecule has 1 aromatic carbocycles. The van der Waals surface area contributed by atoms with Gasteiger partial charge in [-0.05, 0) is 49.1 Å². The van der Waals surface area contributed by atoms with Gasteiger partial charge < -0.3 is 15.6 Å². The van der Waals surface area contributed by atoms with Crippen LogP contribution in [0.25, 0.3) is 10.9 Å². The fourth-order valence-electron chi connectivity index (χ4n) is 2.91. The average molecular weight is 484 g/mol. The van der Waals surface area contributed by atoms with Crippen molar-refractivity contribution in [2.24, 2.45) is 12.0 Å². The number of nitrogens with one attached hydrogen (secondary N) is 3. The lowest BCUT2D eigenvalue weighted by Crippen LogP contribution is -2.38. The summed E-state index contributed by atoms with van der Waals surface area (Å²) in [4.78, 5) is 7.80. The van der Waals surface area contributed by atoms with Crippen molar-refractivity contribution in [3.05, 3.63) is 53.7 Å². The first-order valence-corrected chi connectivity index (χ1v) is 8.91. The van der Waals surface area contributed by atoms with E-state index in [4.69, 9.17) is 0 Å². The van der Waals surface area contributed by atoms with Gasteiger partial charge in [-0.1, -0.05) is 0 Å². The number of guanidine groups is 1. The predicted octanol–water partition coefficient (Wildman–Crippen LogP) is 3.00. The van der Waals surface area contributed by atoms with Crippen LogP contribution in [0.2, 0.25) is 0 Å². The quantitative estimate of drug-likeness (QED) is 0.275. The monoisotopic (exact) mass is 484 g/mol. The van der Waals surface area contributed by atoms with E-state index in [0.717, 1.165) is 48.4 Å². The van der Waals surface area contributed by atoms with Crippen molar-refractivity contribution in [2.45, 2.75) is 19.8 Å². The van der Waals surface area contributed by atoms with Crippen LogP contribution < -0.4 is 10.6 Å². The van der Waals surface area contributed by atoms with Gasteiger partial charge in [-0.25, -0.2) is 4.39 Å². The van der Waals surface area contributed by atoms with Gasteiger partial charge in [-0.15, -0.1) is 24.0 Å². The molecule has 146 valence electrons. The molecule has 0 atom stereocenters. The minimum atomic E-state index is -0.216. The molecule has 0 aliphatic rings. The topological polar surface area (TPSA) is 70.0 Å². The van der Waals surface area contributed by atoms with Crippen molar-refractivity contribution < 1.29 is 4.39 Å². The fourth-order valence-corrected chi connectivity index (χ4v) is 2.91. The second-order valence-electron chi connectivity index (χ2n) is 6.21. The first kappa shape index (κ1) is 21.2. The summed E-state index contributed by atoms with van der Waals surface area (Å²) in [6.45, 7) is 4.26. The Hall–Kier alpha value is -2.10. The lowest BCUT2D eigenvalue weighted by Gasteiger charge is -2.10. The van der Waals surface area contributed by atoms with E-state index >= 15 is 0 Å². The van der Waals surface area contributed by atoms with Crippen molar-refractivity contribution >= 4 is 40.8 Å². The largest absolute Gasteiger partial charge is 0.361 e. The molecule has 0 aliphatic carbocycles. The molecule has 27 heavy (non-hydrogen) atoms. The smallest absolute Gasteiger partial charge is 0.191 e. The van der Waals surface area contributed by atoms with Crippen LogP contribution in [0.4, 0.5) is 4.39 Å². The van der Waals surface area contributed by atoms with Crippen LogP contribution in [0.15, 0.2) is 41.8 Å². The molecule has 2 aromatic heterocycles. The van der Waals surface area contributed by atoms with Crippen molar-refractivity contribution in [2.75, 3.05) is 19.6 Å². The molecule has 0 spiro atoms. The van der Waals surface area contributed by atoms with Crippen LogP contribution >= 0.6 is 24.0 Å². The molecule has 0 saturated carbocycles. The van der Waals surface area contributed by atoms with Crippen molar-refractivity contribution in [1.29, 1.82) is 0 Å². The number of aromatic amines is 1. The van der Waals surface area contributed by atoms with E-state index in [2.05, 4.69) is 25.7 Å². The van der Waals surface area contributed by atoms with E-state index in [1.165, 1.54) is 11.6 Å². The molecule has 0 aliphatic heterocycles. The number of aromatic nitrogens is 3. The molecule has 3 rings (SSSR count). The summed E-state index contributed by atoms with van der Waals surface area (Å²) in [6, 6.07) is 4.81. The fraction of sp³-hybridized carbons (Fsp3) is 0.368.